The van der Waals surface area contributed by atoms with E-state index in [1.54, 1.807) is 18.2 Å². The van der Waals surface area contributed by atoms with Gasteiger partial charge in [-0.2, -0.15) is 13.1 Å². The summed E-state index contributed by atoms with van der Waals surface area (Å²) in [7, 11) is -3.78. The summed E-state index contributed by atoms with van der Waals surface area (Å²) in [6.07, 6.45) is 0.635. The molecule has 1 saturated heterocycles. The van der Waals surface area contributed by atoms with Gasteiger partial charge in [0.1, 0.15) is 27.8 Å². The molecule has 2 heterocycles. The lowest BCUT2D eigenvalue weighted by Gasteiger charge is -2.31. The highest BCUT2D eigenvalue weighted by molar-refractivity contribution is 7.89. The lowest BCUT2D eigenvalue weighted by molar-refractivity contribution is -0.129. The van der Waals surface area contributed by atoms with Crippen LogP contribution in [-0.2, 0) is 19.6 Å². The SMILES string of the molecule is CC(NC(=O)C1CCN(S(=O)(=O)c2cccc3nsnc23)CC1)C(=O)Nc1ccccc1F. The highest BCUT2D eigenvalue weighted by atomic mass is 32.2. The van der Waals surface area contributed by atoms with Crippen molar-refractivity contribution in [3.63, 3.8) is 0 Å². The van der Waals surface area contributed by atoms with E-state index in [0.29, 0.717) is 23.9 Å². The zero-order chi connectivity index (χ0) is 23.6. The van der Waals surface area contributed by atoms with Crippen LogP contribution in [-0.4, -0.2) is 52.4 Å². The van der Waals surface area contributed by atoms with E-state index >= 15 is 0 Å². The molecule has 1 aliphatic rings. The van der Waals surface area contributed by atoms with Gasteiger partial charge in [0, 0.05) is 19.0 Å². The summed E-state index contributed by atoms with van der Waals surface area (Å²) in [5.41, 5.74) is 0.905. The number of nitrogens with one attached hydrogen (secondary N) is 2. The van der Waals surface area contributed by atoms with Crippen molar-refractivity contribution in [2.45, 2.75) is 30.7 Å². The average Bonchev–Trinajstić information content (AvgIpc) is 3.29. The maximum atomic E-state index is 13.7. The number of hydrogen-bond acceptors (Lipinski definition) is 7. The fraction of sp³-hybridized carbons (Fsp3) is 0.333. The Balaban J connectivity index is 1.34. The molecule has 174 valence electrons. The van der Waals surface area contributed by atoms with Gasteiger partial charge in [-0.1, -0.05) is 18.2 Å². The van der Waals surface area contributed by atoms with Gasteiger partial charge in [-0.15, -0.1) is 0 Å². The molecule has 0 saturated carbocycles. The minimum absolute atomic E-state index is 0.0347. The molecule has 0 bridgehead atoms. The van der Waals surface area contributed by atoms with Crippen LogP contribution in [0.5, 0.6) is 0 Å². The number of benzene rings is 2. The fourth-order valence-electron chi connectivity index (χ4n) is 3.69. The molecular weight excluding hydrogens is 469 g/mol. The molecule has 1 aliphatic heterocycles. The third-order valence-electron chi connectivity index (χ3n) is 5.58. The van der Waals surface area contributed by atoms with E-state index in [-0.39, 0.29) is 29.6 Å². The summed E-state index contributed by atoms with van der Waals surface area (Å²) in [6, 6.07) is 9.72. The van der Waals surface area contributed by atoms with Crippen molar-refractivity contribution in [1.82, 2.24) is 18.4 Å². The van der Waals surface area contributed by atoms with Gasteiger partial charge in [-0.05, 0) is 44.0 Å². The van der Waals surface area contributed by atoms with Gasteiger partial charge < -0.3 is 10.6 Å². The third kappa shape index (κ3) is 4.87. The molecule has 1 atom stereocenters. The Kier molecular flexibility index (Phi) is 6.68. The molecule has 2 aromatic carbocycles. The Morgan fingerprint density at radius 3 is 2.58 bits per heavy atom. The largest absolute Gasteiger partial charge is 0.344 e. The van der Waals surface area contributed by atoms with Gasteiger partial charge in [-0.3, -0.25) is 9.59 Å². The molecule has 0 radical (unpaired) electrons. The number of piperidine rings is 1. The first-order valence-electron chi connectivity index (χ1n) is 10.3. The minimum Gasteiger partial charge on any atom is -0.344 e. The van der Waals surface area contributed by atoms with E-state index in [1.807, 2.05) is 0 Å². The van der Waals surface area contributed by atoms with Crippen LogP contribution >= 0.6 is 11.7 Å². The zero-order valence-corrected chi connectivity index (χ0v) is 19.3. The zero-order valence-electron chi connectivity index (χ0n) is 17.7. The number of aromatic nitrogens is 2. The van der Waals surface area contributed by atoms with E-state index in [1.165, 1.54) is 35.5 Å². The van der Waals surface area contributed by atoms with Gasteiger partial charge in [0.25, 0.3) is 0 Å². The first kappa shape index (κ1) is 23.2. The number of para-hydroxylation sites is 1. The Morgan fingerprint density at radius 1 is 1.12 bits per heavy atom. The normalized spacial score (nSPS) is 16.4. The third-order valence-corrected chi connectivity index (χ3v) is 8.05. The average molecular weight is 492 g/mol. The first-order valence-corrected chi connectivity index (χ1v) is 12.5. The molecule has 1 aromatic heterocycles. The van der Waals surface area contributed by atoms with Gasteiger partial charge in [0.15, 0.2) is 0 Å². The number of nitrogens with zero attached hydrogens (tertiary/aromatic N) is 3. The summed E-state index contributed by atoms with van der Waals surface area (Å²) in [5, 5.41) is 5.09. The molecule has 1 fully saturated rings. The summed E-state index contributed by atoms with van der Waals surface area (Å²) in [6.45, 7) is 1.85. The minimum atomic E-state index is -3.78. The molecule has 0 spiro atoms. The standard InChI is InChI=1S/C21H22FN5O4S2/c1-13(20(28)24-16-6-3-2-5-15(16)22)23-21(29)14-9-11-27(12-10-14)33(30,31)18-8-4-7-17-19(18)26-32-25-17/h2-8,13-14H,9-12H2,1H3,(H,23,29)(H,24,28). The van der Waals surface area contributed by atoms with Crippen LogP contribution in [0.4, 0.5) is 10.1 Å². The second kappa shape index (κ2) is 9.49. The van der Waals surface area contributed by atoms with E-state index in [9.17, 15) is 22.4 Å². The summed E-state index contributed by atoms with van der Waals surface area (Å²) in [4.78, 5) is 25.1. The fourth-order valence-corrected chi connectivity index (χ4v) is 5.91. The number of fused-ring (bicyclic) bond motifs is 1. The van der Waals surface area contributed by atoms with Crippen molar-refractivity contribution < 1.29 is 22.4 Å². The maximum Gasteiger partial charge on any atom is 0.246 e. The second-order valence-corrected chi connectivity index (χ2v) is 10.2. The van der Waals surface area contributed by atoms with Gasteiger partial charge in [-0.25, -0.2) is 12.8 Å². The van der Waals surface area contributed by atoms with Crippen LogP contribution in [0.15, 0.2) is 47.4 Å². The smallest absolute Gasteiger partial charge is 0.246 e. The van der Waals surface area contributed by atoms with Crippen molar-refractivity contribution in [2.24, 2.45) is 5.92 Å². The Bertz CT molecular complexity index is 1290. The Labute approximate surface area is 194 Å². The molecule has 4 rings (SSSR count). The van der Waals surface area contributed by atoms with Gasteiger partial charge >= 0.3 is 0 Å². The molecular formula is C21H22FN5O4S2. The number of amides is 2. The highest BCUT2D eigenvalue weighted by Gasteiger charge is 2.34. The number of halogens is 1. The molecule has 33 heavy (non-hydrogen) atoms. The molecule has 9 nitrogen and oxygen atoms in total. The van der Waals surface area contributed by atoms with Crippen LogP contribution in [0.3, 0.4) is 0 Å². The topological polar surface area (TPSA) is 121 Å². The van der Waals surface area contributed by atoms with Gasteiger partial charge in [0.05, 0.1) is 17.4 Å². The second-order valence-electron chi connectivity index (χ2n) is 7.77. The number of hydrogen-bond donors (Lipinski definition) is 2. The van der Waals surface area contributed by atoms with Crippen LogP contribution < -0.4 is 10.6 Å². The van der Waals surface area contributed by atoms with Crippen molar-refractivity contribution >= 4 is 50.3 Å². The lowest BCUT2D eigenvalue weighted by atomic mass is 9.97. The Hall–Kier alpha value is -2.96. The molecule has 0 aliphatic carbocycles. The summed E-state index contributed by atoms with van der Waals surface area (Å²) < 4.78 is 49.5. The van der Waals surface area contributed by atoms with Crippen molar-refractivity contribution in [1.29, 1.82) is 0 Å². The molecule has 3 aromatic rings. The first-order chi connectivity index (χ1) is 15.8. The number of rotatable bonds is 6. The Morgan fingerprint density at radius 2 is 1.85 bits per heavy atom. The van der Waals surface area contributed by atoms with Crippen molar-refractivity contribution in [3.05, 3.63) is 48.3 Å². The number of carbonyl (C=O) groups excluding carboxylic acids is 2. The van der Waals surface area contributed by atoms with Gasteiger partial charge in [0.2, 0.25) is 21.8 Å². The number of anilines is 1. The van der Waals surface area contributed by atoms with Crippen LogP contribution in [0, 0.1) is 11.7 Å². The maximum absolute atomic E-state index is 13.7. The summed E-state index contributed by atoms with van der Waals surface area (Å²) >= 11 is 0.954. The van der Waals surface area contributed by atoms with Crippen LogP contribution in [0.1, 0.15) is 19.8 Å². The molecule has 2 amide bonds. The number of sulfonamides is 1. The van der Waals surface area contributed by atoms with Crippen LogP contribution in [0.25, 0.3) is 11.0 Å². The lowest BCUT2D eigenvalue weighted by Crippen LogP contribution is -2.47. The molecule has 2 N–H and O–H groups in total. The molecule has 1 unspecified atom stereocenters. The van der Waals surface area contributed by atoms with E-state index in [0.717, 1.165) is 11.7 Å². The summed E-state index contributed by atoms with van der Waals surface area (Å²) in [5.74, 6) is -1.88. The predicted octanol–water partition coefficient (Wildman–Crippen LogP) is 2.37. The van der Waals surface area contributed by atoms with E-state index in [2.05, 4.69) is 19.4 Å². The highest BCUT2D eigenvalue weighted by Crippen LogP contribution is 2.28. The van der Waals surface area contributed by atoms with E-state index < -0.39 is 33.7 Å². The molecule has 12 heteroatoms. The monoisotopic (exact) mass is 491 g/mol. The number of carbonyl (C=O) groups is 2. The quantitative estimate of drug-likeness (QED) is 0.546. The van der Waals surface area contributed by atoms with E-state index in [4.69, 9.17) is 0 Å². The van der Waals surface area contributed by atoms with Crippen LogP contribution in [0.2, 0.25) is 0 Å². The predicted molar refractivity (Wildman–Crippen MR) is 122 cm³/mol. The van der Waals surface area contributed by atoms with Crippen molar-refractivity contribution in [2.75, 3.05) is 18.4 Å². The van der Waals surface area contributed by atoms with Crippen molar-refractivity contribution in [3.8, 4) is 0 Å².